The van der Waals surface area contributed by atoms with Crippen molar-refractivity contribution in [1.82, 2.24) is 20.2 Å². The molecule has 0 aliphatic carbocycles. The Kier molecular flexibility index (Phi) is 2.96. The molecular weight excluding hydrogens is 253 g/mol. The molecule has 9 heteroatoms. The Morgan fingerprint density at radius 2 is 2.29 bits per heavy atom. The van der Waals surface area contributed by atoms with Crippen LogP contribution in [-0.2, 0) is 5.88 Å². The summed E-state index contributed by atoms with van der Waals surface area (Å²) in [4.78, 5) is 9.95. The number of benzene rings is 1. The third-order valence-corrected chi connectivity index (χ3v) is 2.26. The van der Waals surface area contributed by atoms with Crippen molar-refractivity contribution in [3.63, 3.8) is 0 Å². The fourth-order valence-electron chi connectivity index (χ4n) is 1.25. The van der Waals surface area contributed by atoms with Gasteiger partial charge < -0.3 is 0 Å². The van der Waals surface area contributed by atoms with Crippen molar-refractivity contribution in [1.29, 1.82) is 0 Å². The van der Waals surface area contributed by atoms with E-state index >= 15 is 0 Å². The van der Waals surface area contributed by atoms with Gasteiger partial charge in [0.1, 0.15) is 11.5 Å². The number of nitro groups is 1. The average molecular weight is 258 g/mol. The van der Waals surface area contributed by atoms with Crippen molar-refractivity contribution in [2.24, 2.45) is 0 Å². The van der Waals surface area contributed by atoms with E-state index in [9.17, 15) is 14.5 Å². The lowest BCUT2D eigenvalue weighted by atomic mass is 10.2. The van der Waals surface area contributed by atoms with Gasteiger partial charge in [-0.1, -0.05) is 0 Å². The molecule has 2 aromatic rings. The van der Waals surface area contributed by atoms with Gasteiger partial charge in [0.25, 0.3) is 5.69 Å². The lowest BCUT2D eigenvalue weighted by Crippen LogP contribution is -2.05. The Bertz CT molecular complexity index is 573. The first-order chi connectivity index (χ1) is 8.13. The highest BCUT2D eigenvalue weighted by Gasteiger charge is 2.16. The smallest absolute Gasteiger partial charge is 0.258 e. The first kappa shape index (κ1) is 11.4. The topological polar surface area (TPSA) is 86.7 Å². The predicted octanol–water partition coefficient (Wildman–Crippen LogP) is 1.45. The van der Waals surface area contributed by atoms with Crippen LogP contribution in [0.4, 0.5) is 10.1 Å². The molecule has 0 amide bonds. The molecule has 0 unspecified atom stereocenters. The molecule has 0 N–H and O–H groups in total. The second kappa shape index (κ2) is 4.42. The van der Waals surface area contributed by atoms with Crippen LogP contribution in [0.3, 0.4) is 0 Å². The van der Waals surface area contributed by atoms with E-state index in [4.69, 9.17) is 11.6 Å². The molecule has 0 aliphatic heterocycles. The van der Waals surface area contributed by atoms with Gasteiger partial charge in [-0.05, 0) is 16.5 Å². The number of hydrogen-bond donors (Lipinski definition) is 0. The molecule has 7 nitrogen and oxygen atoms in total. The third-order valence-electron chi connectivity index (χ3n) is 2.02. The highest BCUT2D eigenvalue weighted by Crippen LogP contribution is 2.20. The molecule has 1 aromatic carbocycles. The van der Waals surface area contributed by atoms with Crippen LogP contribution in [-0.4, -0.2) is 25.1 Å². The Hall–Kier alpha value is -2.09. The summed E-state index contributed by atoms with van der Waals surface area (Å²) in [5, 5.41) is 21.0. The summed E-state index contributed by atoms with van der Waals surface area (Å²) in [6.07, 6.45) is 0. The van der Waals surface area contributed by atoms with E-state index in [2.05, 4.69) is 15.5 Å². The highest BCUT2D eigenvalue weighted by atomic mass is 35.5. The molecular formula is C8H5ClFN5O2. The van der Waals surface area contributed by atoms with Crippen LogP contribution in [0.25, 0.3) is 5.69 Å². The molecule has 0 radical (unpaired) electrons. The second-order valence-corrected chi connectivity index (χ2v) is 3.30. The Balaban J connectivity index is 2.58. The molecule has 0 aliphatic rings. The molecule has 17 heavy (non-hydrogen) atoms. The van der Waals surface area contributed by atoms with E-state index in [-0.39, 0.29) is 23.1 Å². The Morgan fingerprint density at radius 1 is 1.53 bits per heavy atom. The third kappa shape index (κ3) is 2.07. The highest BCUT2D eigenvalue weighted by molar-refractivity contribution is 6.16. The van der Waals surface area contributed by atoms with E-state index in [0.717, 1.165) is 22.9 Å². The van der Waals surface area contributed by atoms with Crippen LogP contribution in [0.15, 0.2) is 18.2 Å². The molecule has 0 saturated heterocycles. The van der Waals surface area contributed by atoms with Crippen LogP contribution < -0.4 is 0 Å². The number of aromatic nitrogens is 4. The molecule has 0 saturated carbocycles. The summed E-state index contributed by atoms with van der Waals surface area (Å²) in [6, 6.07) is 3.08. The molecule has 0 bridgehead atoms. The molecule has 2 rings (SSSR count). The zero-order chi connectivity index (χ0) is 12.4. The van der Waals surface area contributed by atoms with Gasteiger partial charge in [0, 0.05) is 12.1 Å². The van der Waals surface area contributed by atoms with Gasteiger partial charge in [-0.3, -0.25) is 10.1 Å². The van der Waals surface area contributed by atoms with Crippen molar-refractivity contribution < 1.29 is 9.31 Å². The lowest BCUT2D eigenvalue weighted by molar-refractivity contribution is -0.384. The first-order valence-electron chi connectivity index (χ1n) is 4.41. The lowest BCUT2D eigenvalue weighted by Gasteiger charge is -2.03. The van der Waals surface area contributed by atoms with Crippen LogP contribution in [0, 0.1) is 15.9 Å². The van der Waals surface area contributed by atoms with Gasteiger partial charge in [0.2, 0.25) is 0 Å². The van der Waals surface area contributed by atoms with Crippen molar-refractivity contribution in [3.05, 3.63) is 40.0 Å². The Morgan fingerprint density at radius 3 is 2.94 bits per heavy atom. The average Bonchev–Trinajstić information content (AvgIpc) is 2.77. The van der Waals surface area contributed by atoms with Crippen molar-refractivity contribution in [2.75, 3.05) is 0 Å². The number of nitro benzene ring substituents is 1. The quantitative estimate of drug-likeness (QED) is 0.472. The maximum Gasteiger partial charge on any atom is 0.271 e. The first-order valence-corrected chi connectivity index (χ1v) is 4.94. The fourth-order valence-corrected chi connectivity index (χ4v) is 1.42. The number of hydrogen-bond acceptors (Lipinski definition) is 5. The van der Waals surface area contributed by atoms with Crippen LogP contribution >= 0.6 is 11.6 Å². The molecule has 1 heterocycles. The minimum absolute atomic E-state index is 0.0326. The van der Waals surface area contributed by atoms with Crippen LogP contribution in [0.5, 0.6) is 0 Å². The molecule has 0 spiro atoms. The molecule has 0 fully saturated rings. The minimum atomic E-state index is -0.672. The number of non-ortho nitro benzene ring substituents is 1. The van der Waals surface area contributed by atoms with Gasteiger partial charge in [-0.15, -0.1) is 16.7 Å². The van der Waals surface area contributed by atoms with Gasteiger partial charge in [-0.25, -0.2) is 4.39 Å². The van der Waals surface area contributed by atoms with Crippen molar-refractivity contribution in [2.45, 2.75) is 5.88 Å². The number of halogens is 2. The van der Waals surface area contributed by atoms with Crippen molar-refractivity contribution in [3.8, 4) is 5.69 Å². The van der Waals surface area contributed by atoms with Gasteiger partial charge in [-0.2, -0.15) is 4.68 Å². The Labute approximate surface area is 99.0 Å². The van der Waals surface area contributed by atoms with E-state index < -0.39 is 10.7 Å². The number of nitrogens with zero attached hydrogens (tertiary/aromatic N) is 5. The van der Waals surface area contributed by atoms with Crippen LogP contribution in [0.1, 0.15) is 5.82 Å². The standard InChI is InChI=1S/C8H5ClFN5O2/c9-4-8-11-12-13-14(8)7-3-5(15(16)17)1-2-6(7)10/h1-3H,4H2. The summed E-state index contributed by atoms with van der Waals surface area (Å²) in [5.74, 6) is -0.505. The number of rotatable bonds is 3. The van der Waals surface area contributed by atoms with E-state index in [1.54, 1.807) is 0 Å². The summed E-state index contributed by atoms with van der Waals surface area (Å²) < 4.78 is 14.6. The maximum absolute atomic E-state index is 13.5. The van der Waals surface area contributed by atoms with Gasteiger partial charge >= 0.3 is 0 Å². The van der Waals surface area contributed by atoms with E-state index in [0.29, 0.717) is 0 Å². The summed E-state index contributed by atoms with van der Waals surface area (Å²) in [6.45, 7) is 0. The molecule has 0 atom stereocenters. The molecule has 1 aromatic heterocycles. The normalized spacial score (nSPS) is 10.5. The van der Waals surface area contributed by atoms with Gasteiger partial charge in [0.15, 0.2) is 5.82 Å². The monoisotopic (exact) mass is 257 g/mol. The summed E-state index contributed by atoms with van der Waals surface area (Å²) >= 11 is 5.56. The van der Waals surface area contributed by atoms with E-state index in [1.807, 2.05) is 0 Å². The fraction of sp³-hybridized carbons (Fsp3) is 0.125. The minimum Gasteiger partial charge on any atom is -0.258 e. The maximum atomic E-state index is 13.5. The largest absolute Gasteiger partial charge is 0.271 e. The summed E-state index contributed by atoms with van der Waals surface area (Å²) in [5.41, 5.74) is -0.364. The van der Waals surface area contributed by atoms with Gasteiger partial charge in [0.05, 0.1) is 10.8 Å². The van der Waals surface area contributed by atoms with Crippen molar-refractivity contribution >= 4 is 17.3 Å². The number of alkyl halides is 1. The zero-order valence-corrected chi connectivity index (χ0v) is 9.00. The van der Waals surface area contributed by atoms with Crippen LogP contribution in [0.2, 0.25) is 0 Å². The SMILES string of the molecule is O=[N+]([O-])c1ccc(F)c(-n2nnnc2CCl)c1. The predicted molar refractivity (Wildman–Crippen MR) is 55.3 cm³/mol. The van der Waals surface area contributed by atoms with E-state index in [1.165, 1.54) is 0 Å². The second-order valence-electron chi connectivity index (χ2n) is 3.03. The molecule has 88 valence electrons. The zero-order valence-electron chi connectivity index (χ0n) is 8.25. The number of tetrazole rings is 1. The summed E-state index contributed by atoms with van der Waals surface area (Å²) in [7, 11) is 0.